The van der Waals surface area contributed by atoms with Crippen molar-refractivity contribution in [1.82, 2.24) is 15.1 Å². The summed E-state index contributed by atoms with van der Waals surface area (Å²) in [5.74, 6) is 0.608. The third kappa shape index (κ3) is 4.84. The van der Waals surface area contributed by atoms with Crippen LogP contribution in [0.1, 0.15) is 19.4 Å². The largest absolute Gasteiger partial charge is 0.357 e. The van der Waals surface area contributed by atoms with Gasteiger partial charge in [0.05, 0.1) is 0 Å². The number of aliphatic imine (C=N–C) groups is 1. The van der Waals surface area contributed by atoms with Crippen LogP contribution in [-0.4, -0.2) is 60.9 Å². The van der Waals surface area contributed by atoms with E-state index in [4.69, 9.17) is 11.6 Å². The summed E-state index contributed by atoms with van der Waals surface area (Å²) in [6.45, 7) is 7.68. The first-order chi connectivity index (χ1) is 11.5. The quantitative estimate of drug-likeness (QED) is 0.665. The van der Waals surface area contributed by atoms with Crippen molar-refractivity contribution in [2.24, 2.45) is 4.99 Å². The minimum absolute atomic E-state index is 0.103. The van der Waals surface area contributed by atoms with E-state index in [1.807, 2.05) is 11.8 Å². The Hall–Kier alpha value is -1.82. The first kappa shape index (κ1) is 18.5. The molecule has 0 aromatic heterocycles. The Balaban J connectivity index is 1.97. The Morgan fingerprint density at radius 2 is 1.96 bits per heavy atom. The Kier molecular flexibility index (Phi) is 6.85. The van der Waals surface area contributed by atoms with Gasteiger partial charge in [-0.15, -0.1) is 0 Å². The maximum atomic E-state index is 13.8. The summed E-state index contributed by atoms with van der Waals surface area (Å²) < 4.78 is 13.8. The molecule has 0 saturated carbocycles. The molecule has 1 amide bonds. The number of rotatable bonds is 4. The van der Waals surface area contributed by atoms with Gasteiger partial charge in [-0.3, -0.25) is 9.79 Å². The molecule has 0 spiro atoms. The molecule has 1 aliphatic rings. The second kappa shape index (κ2) is 8.87. The van der Waals surface area contributed by atoms with Crippen LogP contribution in [0.2, 0.25) is 5.02 Å². The Labute approximate surface area is 147 Å². The molecule has 1 aromatic rings. The number of nitrogens with one attached hydrogen (secondary N) is 1. The summed E-state index contributed by atoms with van der Waals surface area (Å²) in [4.78, 5) is 20.0. The highest BCUT2D eigenvalue weighted by Crippen LogP contribution is 2.19. The zero-order valence-electron chi connectivity index (χ0n) is 14.2. The average Bonchev–Trinajstić information content (AvgIpc) is 2.56. The van der Waals surface area contributed by atoms with Gasteiger partial charge >= 0.3 is 0 Å². The number of guanidine groups is 1. The minimum Gasteiger partial charge on any atom is -0.357 e. The number of amides is 1. The molecule has 0 bridgehead atoms. The van der Waals surface area contributed by atoms with Gasteiger partial charge in [-0.2, -0.15) is 0 Å². The van der Waals surface area contributed by atoms with E-state index in [1.165, 1.54) is 6.07 Å². The van der Waals surface area contributed by atoms with Crippen molar-refractivity contribution in [3.8, 4) is 0 Å². The highest BCUT2D eigenvalue weighted by atomic mass is 35.5. The zero-order valence-corrected chi connectivity index (χ0v) is 14.9. The van der Waals surface area contributed by atoms with Crippen LogP contribution in [0.25, 0.3) is 0 Å². The number of halogens is 2. The first-order valence-electron chi connectivity index (χ1n) is 8.24. The molecule has 2 rings (SSSR count). The van der Waals surface area contributed by atoms with Crippen LogP contribution in [0.5, 0.6) is 0 Å². The zero-order chi connectivity index (χ0) is 17.5. The molecule has 1 N–H and O–H groups in total. The Bertz CT molecular complexity index is 580. The van der Waals surface area contributed by atoms with E-state index in [2.05, 4.69) is 15.2 Å². The van der Waals surface area contributed by atoms with Gasteiger partial charge in [0.25, 0.3) is 0 Å². The van der Waals surface area contributed by atoms with Gasteiger partial charge in [0.1, 0.15) is 5.82 Å². The molecule has 0 atom stereocenters. The van der Waals surface area contributed by atoms with Gasteiger partial charge in [-0.1, -0.05) is 17.7 Å². The van der Waals surface area contributed by atoms with Crippen LogP contribution in [-0.2, 0) is 11.2 Å². The molecule has 132 valence electrons. The van der Waals surface area contributed by atoms with E-state index in [0.29, 0.717) is 36.6 Å². The van der Waals surface area contributed by atoms with Crippen molar-refractivity contribution in [2.75, 3.05) is 39.3 Å². The fourth-order valence-electron chi connectivity index (χ4n) is 2.70. The van der Waals surface area contributed by atoms with E-state index in [-0.39, 0.29) is 11.7 Å². The second-order valence-corrected chi connectivity index (χ2v) is 6.09. The summed E-state index contributed by atoms with van der Waals surface area (Å²) in [7, 11) is 0. The number of nitrogens with zero attached hydrogens (tertiary/aromatic N) is 3. The maximum absolute atomic E-state index is 13.8. The van der Waals surface area contributed by atoms with Gasteiger partial charge in [-0.05, 0) is 25.5 Å². The fourth-order valence-corrected chi connectivity index (χ4v) is 2.96. The summed E-state index contributed by atoms with van der Waals surface area (Å²) >= 11 is 6.05. The van der Waals surface area contributed by atoms with Crippen LogP contribution < -0.4 is 5.32 Å². The van der Waals surface area contributed by atoms with Gasteiger partial charge in [-0.25, -0.2) is 4.39 Å². The topological polar surface area (TPSA) is 47.9 Å². The van der Waals surface area contributed by atoms with Crippen LogP contribution in [0.4, 0.5) is 4.39 Å². The summed E-state index contributed by atoms with van der Waals surface area (Å²) in [6.07, 6.45) is 0.452. The highest BCUT2D eigenvalue weighted by molar-refractivity contribution is 6.31. The molecular formula is C17H24ClFN4O. The van der Waals surface area contributed by atoms with Crippen molar-refractivity contribution in [3.05, 3.63) is 34.6 Å². The molecule has 1 aliphatic heterocycles. The molecule has 7 heteroatoms. The standard InChI is InChI=1S/C17H24ClFN4O/c1-3-20-17(23-11-9-22(10-12-23)13(2)24)21-8-7-14-15(18)5-4-6-16(14)19/h4-6H,3,7-12H2,1-2H3,(H,20,21). The smallest absolute Gasteiger partial charge is 0.219 e. The molecule has 0 aliphatic carbocycles. The van der Waals surface area contributed by atoms with E-state index in [9.17, 15) is 9.18 Å². The molecule has 1 saturated heterocycles. The van der Waals surface area contributed by atoms with E-state index < -0.39 is 0 Å². The van der Waals surface area contributed by atoms with E-state index >= 15 is 0 Å². The number of piperazine rings is 1. The highest BCUT2D eigenvalue weighted by Gasteiger charge is 2.20. The van der Waals surface area contributed by atoms with Gasteiger partial charge in [0.15, 0.2) is 5.96 Å². The van der Waals surface area contributed by atoms with E-state index in [0.717, 1.165) is 25.6 Å². The molecule has 0 radical (unpaired) electrons. The Morgan fingerprint density at radius 3 is 2.54 bits per heavy atom. The average molecular weight is 355 g/mol. The first-order valence-corrected chi connectivity index (χ1v) is 8.62. The van der Waals surface area contributed by atoms with Gasteiger partial charge in [0.2, 0.25) is 5.91 Å². The number of carbonyl (C=O) groups excluding carboxylic acids is 1. The minimum atomic E-state index is -0.294. The number of carbonyl (C=O) groups is 1. The fraction of sp³-hybridized carbons (Fsp3) is 0.529. The lowest BCUT2D eigenvalue weighted by atomic mass is 10.1. The summed E-state index contributed by atoms with van der Waals surface area (Å²) in [6, 6.07) is 4.70. The van der Waals surface area contributed by atoms with Crippen LogP contribution in [0.3, 0.4) is 0 Å². The normalized spacial score (nSPS) is 15.6. The van der Waals surface area contributed by atoms with Gasteiger partial charge < -0.3 is 15.1 Å². The van der Waals surface area contributed by atoms with Gasteiger partial charge in [0, 0.05) is 56.8 Å². The number of benzene rings is 1. The van der Waals surface area contributed by atoms with Crippen molar-refractivity contribution in [1.29, 1.82) is 0 Å². The SMILES string of the molecule is CCNC(=NCCc1c(F)cccc1Cl)N1CCN(C(C)=O)CC1. The summed E-state index contributed by atoms with van der Waals surface area (Å²) in [5, 5.41) is 3.69. The van der Waals surface area contributed by atoms with Crippen molar-refractivity contribution < 1.29 is 9.18 Å². The number of hydrogen-bond acceptors (Lipinski definition) is 2. The van der Waals surface area contributed by atoms with Crippen molar-refractivity contribution in [3.63, 3.8) is 0 Å². The predicted molar refractivity (Wildman–Crippen MR) is 94.9 cm³/mol. The molecule has 5 nitrogen and oxygen atoms in total. The molecule has 1 fully saturated rings. The van der Waals surface area contributed by atoms with E-state index in [1.54, 1.807) is 19.1 Å². The molecule has 1 aromatic carbocycles. The van der Waals surface area contributed by atoms with Crippen LogP contribution >= 0.6 is 11.6 Å². The van der Waals surface area contributed by atoms with Crippen LogP contribution in [0.15, 0.2) is 23.2 Å². The lowest BCUT2D eigenvalue weighted by Gasteiger charge is -2.36. The lowest BCUT2D eigenvalue weighted by Crippen LogP contribution is -2.53. The molecule has 24 heavy (non-hydrogen) atoms. The monoisotopic (exact) mass is 354 g/mol. The van der Waals surface area contributed by atoms with Crippen molar-refractivity contribution in [2.45, 2.75) is 20.3 Å². The molecule has 0 unspecified atom stereocenters. The Morgan fingerprint density at radius 1 is 1.29 bits per heavy atom. The predicted octanol–water partition coefficient (Wildman–Crippen LogP) is 2.15. The maximum Gasteiger partial charge on any atom is 0.219 e. The second-order valence-electron chi connectivity index (χ2n) is 5.68. The third-order valence-corrected chi connectivity index (χ3v) is 4.40. The number of hydrogen-bond donors (Lipinski definition) is 1. The summed E-state index contributed by atoms with van der Waals surface area (Å²) in [5.41, 5.74) is 0.500. The van der Waals surface area contributed by atoms with Crippen molar-refractivity contribution >= 4 is 23.5 Å². The lowest BCUT2D eigenvalue weighted by molar-refractivity contribution is -0.130. The van der Waals surface area contributed by atoms with Crippen LogP contribution in [0, 0.1) is 5.82 Å². The third-order valence-electron chi connectivity index (χ3n) is 4.04. The molecule has 1 heterocycles. The molecular weight excluding hydrogens is 331 g/mol.